The number of allylic oxidation sites excluding steroid dienone is 3. The van der Waals surface area contributed by atoms with E-state index in [1.807, 2.05) is 67.3 Å². The van der Waals surface area contributed by atoms with Gasteiger partial charge in [-0.05, 0) is 97.8 Å². The molecule has 0 amide bonds. The van der Waals surface area contributed by atoms with E-state index in [0.29, 0.717) is 30.0 Å². The van der Waals surface area contributed by atoms with Crippen LogP contribution in [0.3, 0.4) is 0 Å². The van der Waals surface area contributed by atoms with Gasteiger partial charge in [0.2, 0.25) is 0 Å². The number of halogens is 1. The van der Waals surface area contributed by atoms with Gasteiger partial charge in [0.05, 0.1) is 17.6 Å². The number of carbonyl (C=O) groups excluding carboxylic acids is 1. The minimum atomic E-state index is -0.504. The second-order valence-corrected chi connectivity index (χ2v) is 10.9. The average Bonchev–Trinajstić information content (AvgIpc) is 2.89. The van der Waals surface area contributed by atoms with Crippen molar-refractivity contribution in [2.45, 2.75) is 52.6 Å². The lowest BCUT2D eigenvalue weighted by Gasteiger charge is -2.40. The van der Waals surface area contributed by atoms with Gasteiger partial charge in [0.15, 0.2) is 5.78 Å². The molecule has 0 saturated carbocycles. The van der Waals surface area contributed by atoms with Gasteiger partial charge in [-0.3, -0.25) is 9.69 Å². The summed E-state index contributed by atoms with van der Waals surface area (Å²) in [7, 11) is 0. The third-order valence-electron chi connectivity index (χ3n) is 7.42. The first kappa shape index (κ1) is 25.8. The summed E-state index contributed by atoms with van der Waals surface area (Å²) in [5, 5.41) is 10.4. The molecular weight excluding hydrogens is 538 g/mol. The van der Waals surface area contributed by atoms with E-state index in [0.717, 1.165) is 62.3 Å². The molecule has 0 saturated heterocycles. The van der Waals surface area contributed by atoms with Crippen molar-refractivity contribution in [2.75, 3.05) is 4.90 Å². The number of ether oxygens (including phenoxy) is 1. The molecule has 192 valence electrons. The third kappa shape index (κ3) is 4.75. The molecule has 1 aliphatic carbocycles. The number of hydrogen-bond donors (Lipinski definition) is 1. The van der Waals surface area contributed by atoms with E-state index in [9.17, 15) is 10.1 Å². The van der Waals surface area contributed by atoms with Crippen molar-refractivity contribution in [3.05, 3.63) is 116 Å². The van der Waals surface area contributed by atoms with E-state index in [1.54, 1.807) is 0 Å². The van der Waals surface area contributed by atoms with Crippen LogP contribution < -0.4 is 15.4 Å². The van der Waals surface area contributed by atoms with E-state index in [2.05, 4.69) is 41.1 Å². The molecule has 0 radical (unpaired) electrons. The van der Waals surface area contributed by atoms with Crippen LogP contribution in [0.1, 0.15) is 53.0 Å². The Balaban J connectivity index is 1.62. The second-order valence-electron chi connectivity index (χ2n) is 10.0. The molecule has 0 aromatic heterocycles. The summed E-state index contributed by atoms with van der Waals surface area (Å²) >= 11 is 3.46. The Kier molecular flexibility index (Phi) is 7.14. The minimum Gasteiger partial charge on any atom is -0.489 e. The molecular formula is C32H30BrN3O2. The highest BCUT2D eigenvalue weighted by Gasteiger charge is 2.41. The molecule has 0 fully saturated rings. The van der Waals surface area contributed by atoms with Crippen LogP contribution in [0.2, 0.25) is 0 Å². The number of nitrogens with zero attached hydrogens (tertiary/aromatic N) is 2. The van der Waals surface area contributed by atoms with Gasteiger partial charge in [-0.2, -0.15) is 5.26 Å². The topological polar surface area (TPSA) is 79.3 Å². The molecule has 1 atom stereocenters. The molecule has 2 aliphatic rings. The van der Waals surface area contributed by atoms with Gasteiger partial charge in [0, 0.05) is 27.9 Å². The lowest BCUT2D eigenvalue weighted by molar-refractivity contribution is -0.116. The molecule has 6 heteroatoms. The Morgan fingerprint density at radius 2 is 1.82 bits per heavy atom. The SMILES string of the molecule is Cc1cccc(N2C(N)=C(C#N)C(c3cc(COc4ccc(Br)cc4)c(C)cc3C)C3=C2CCCC3=O)c1. The van der Waals surface area contributed by atoms with Gasteiger partial charge >= 0.3 is 0 Å². The standard InChI is InChI=1S/C32H30BrN3O2/c1-19-6-4-7-24(14-19)36-28-8-5-9-29(37)31(28)30(27(17-34)32(36)35)26-16-22(20(2)15-21(26)3)18-38-25-12-10-23(33)11-13-25/h4,6-7,10-16,30H,5,8-9,18,35H2,1-3H3. The van der Waals surface area contributed by atoms with Gasteiger partial charge in [0.25, 0.3) is 0 Å². The Labute approximate surface area is 232 Å². The molecule has 5 nitrogen and oxygen atoms in total. The zero-order valence-corrected chi connectivity index (χ0v) is 23.4. The number of nitrogens with two attached hydrogens (primary N) is 1. The Bertz CT molecular complexity index is 1530. The highest BCUT2D eigenvalue weighted by molar-refractivity contribution is 9.10. The quantitative estimate of drug-likeness (QED) is 0.351. The molecule has 5 rings (SSSR count). The molecule has 1 heterocycles. The summed E-state index contributed by atoms with van der Waals surface area (Å²) < 4.78 is 7.08. The Morgan fingerprint density at radius 1 is 1.05 bits per heavy atom. The number of aryl methyl sites for hydroxylation is 3. The number of carbonyl (C=O) groups is 1. The average molecular weight is 569 g/mol. The lowest BCUT2D eigenvalue weighted by atomic mass is 9.74. The Hall–Kier alpha value is -3.82. The number of benzene rings is 3. The molecule has 0 spiro atoms. The highest BCUT2D eigenvalue weighted by atomic mass is 79.9. The van der Waals surface area contributed by atoms with Gasteiger partial charge in [-0.25, -0.2) is 0 Å². The fourth-order valence-corrected chi connectivity index (χ4v) is 5.80. The third-order valence-corrected chi connectivity index (χ3v) is 7.95. The van der Waals surface area contributed by atoms with Crippen molar-refractivity contribution in [3.63, 3.8) is 0 Å². The van der Waals surface area contributed by atoms with Crippen molar-refractivity contribution in [3.8, 4) is 11.8 Å². The van der Waals surface area contributed by atoms with E-state index >= 15 is 0 Å². The number of hydrogen-bond acceptors (Lipinski definition) is 5. The molecule has 1 unspecified atom stereocenters. The normalized spacial score (nSPS) is 17.4. The van der Waals surface area contributed by atoms with Gasteiger partial charge in [0.1, 0.15) is 18.2 Å². The van der Waals surface area contributed by atoms with Crippen LogP contribution in [-0.4, -0.2) is 5.78 Å². The fraction of sp³-hybridized carbons (Fsp3) is 0.250. The number of Topliss-reactive ketones (excluding diaryl/α,β-unsaturated/α-hetero) is 1. The summed E-state index contributed by atoms with van der Waals surface area (Å²) in [5.74, 6) is 0.748. The van der Waals surface area contributed by atoms with Crippen molar-refractivity contribution in [2.24, 2.45) is 5.73 Å². The molecule has 3 aromatic rings. The van der Waals surface area contributed by atoms with Gasteiger partial charge < -0.3 is 10.5 Å². The predicted octanol–water partition coefficient (Wildman–Crippen LogP) is 7.26. The first-order valence-electron chi connectivity index (χ1n) is 12.8. The maximum absolute atomic E-state index is 13.5. The van der Waals surface area contributed by atoms with Crippen LogP contribution in [-0.2, 0) is 11.4 Å². The smallest absolute Gasteiger partial charge is 0.161 e. The summed E-state index contributed by atoms with van der Waals surface area (Å²) in [5.41, 5.74) is 14.8. The van der Waals surface area contributed by atoms with Crippen LogP contribution in [0.5, 0.6) is 5.75 Å². The monoisotopic (exact) mass is 567 g/mol. The van der Waals surface area contributed by atoms with Gasteiger partial charge in [-0.15, -0.1) is 0 Å². The maximum atomic E-state index is 13.5. The van der Waals surface area contributed by atoms with E-state index in [1.165, 1.54) is 0 Å². The number of rotatable bonds is 5. The summed E-state index contributed by atoms with van der Waals surface area (Å²) in [6.07, 6.45) is 1.97. The van der Waals surface area contributed by atoms with Crippen LogP contribution in [0.25, 0.3) is 0 Å². The lowest BCUT2D eigenvalue weighted by Crippen LogP contribution is -2.39. The maximum Gasteiger partial charge on any atom is 0.161 e. The number of ketones is 1. The highest BCUT2D eigenvalue weighted by Crippen LogP contribution is 2.47. The van der Waals surface area contributed by atoms with Crippen molar-refractivity contribution >= 4 is 27.4 Å². The summed E-state index contributed by atoms with van der Waals surface area (Å²) in [6, 6.07) is 22.3. The predicted molar refractivity (Wildman–Crippen MR) is 153 cm³/mol. The molecule has 3 aromatic carbocycles. The number of anilines is 1. The zero-order chi connectivity index (χ0) is 27.0. The number of nitriles is 1. The van der Waals surface area contributed by atoms with Crippen molar-refractivity contribution in [1.29, 1.82) is 5.26 Å². The first-order chi connectivity index (χ1) is 18.3. The van der Waals surface area contributed by atoms with E-state index < -0.39 is 5.92 Å². The molecule has 38 heavy (non-hydrogen) atoms. The first-order valence-corrected chi connectivity index (χ1v) is 13.6. The fourth-order valence-electron chi connectivity index (χ4n) is 5.53. The largest absolute Gasteiger partial charge is 0.489 e. The van der Waals surface area contributed by atoms with Crippen LogP contribution in [0.4, 0.5) is 5.69 Å². The van der Waals surface area contributed by atoms with Crippen LogP contribution in [0, 0.1) is 32.1 Å². The van der Waals surface area contributed by atoms with E-state index in [-0.39, 0.29) is 5.78 Å². The van der Waals surface area contributed by atoms with Crippen LogP contribution in [0.15, 0.2) is 87.8 Å². The van der Waals surface area contributed by atoms with Gasteiger partial charge in [-0.1, -0.05) is 40.2 Å². The summed E-state index contributed by atoms with van der Waals surface area (Å²) in [6.45, 7) is 6.50. The van der Waals surface area contributed by atoms with Crippen molar-refractivity contribution in [1.82, 2.24) is 0 Å². The van der Waals surface area contributed by atoms with E-state index in [4.69, 9.17) is 10.5 Å². The van der Waals surface area contributed by atoms with Crippen LogP contribution >= 0.6 is 15.9 Å². The second kappa shape index (κ2) is 10.5. The van der Waals surface area contributed by atoms with Crippen molar-refractivity contribution < 1.29 is 9.53 Å². The summed E-state index contributed by atoms with van der Waals surface area (Å²) in [4.78, 5) is 15.5. The molecule has 2 N–H and O–H groups in total. The molecule has 1 aliphatic heterocycles. The zero-order valence-electron chi connectivity index (χ0n) is 21.8. The molecule has 0 bridgehead atoms. The Morgan fingerprint density at radius 3 is 2.53 bits per heavy atom. The minimum absolute atomic E-state index is 0.0850.